The van der Waals surface area contributed by atoms with Gasteiger partial charge in [0.2, 0.25) is 10.0 Å². The topological polar surface area (TPSA) is 61.4 Å². The van der Waals surface area contributed by atoms with Crippen molar-refractivity contribution in [1.29, 1.82) is 0 Å². The lowest BCUT2D eigenvalue weighted by Crippen LogP contribution is -2.36. The third kappa shape index (κ3) is 4.66. The summed E-state index contributed by atoms with van der Waals surface area (Å²) in [5.74, 6) is 0. The van der Waals surface area contributed by atoms with Crippen LogP contribution >= 0.6 is 12.2 Å². The van der Waals surface area contributed by atoms with Crippen LogP contribution in [0.15, 0.2) is 29.2 Å². The van der Waals surface area contributed by atoms with Crippen molar-refractivity contribution in [1.82, 2.24) is 14.9 Å². The van der Waals surface area contributed by atoms with Gasteiger partial charge >= 0.3 is 0 Å². The molecule has 0 radical (unpaired) electrons. The van der Waals surface area contributed by atoms with Gasteiger partial charge in [0.05, 0.1) is 10.9 Å². The molecule has 1 atom stereocenters. The molecule has 0 aliphatic carbocycles. The van der Waals surface area contributed by atoms with E-state index in [9.17, 15) is 8.42 Å². The molecule has 22 heavy (non-hydrogen) atoms. The molecular formula is C15H25N3O2S2. The molecule has 0 aromatic heterocycles. The Bertz CT molecular complexity index is 581. The highest BCUT2D eigenvalue weighted by Gasteiger charge is 2.21. The van der Waals surface area contributed by atoms with E-state index in [1.807, 2.05) is 39.8 Å². The predicted molar refractivity (Wildman–Crippen MR) is 94.4 cm³/mol. The van der Waals surface area contributed by atoms with Crippen molar-refractivity contribution in [3.8, 4) is 0 Å². The maximum atomic E-state index is 12.4. The Kier molecular flexibility index (Phi) is 7.25. The van der Waals surface area contributed by atoms with Gasteiger partial charge in [-0.25, -0.2) is 8.42 Å². The number of sulfonamides is 1. The van der Waals surface area contributed by atoms with Gasteiger partial charge in [0.1, 0.15) is 0 Å². The molecule has 0 unspecified atom stereocenters. The van der Waals surface area contributed by atoms with Gasteiger partial charge in [0.15, 0.2) is 5.11 Å². The number of hydrogen-bond donors (Lipinski definition) is 2. The van der Waals surface area contributed by atoms with Crippen LogP contribution in [0.4, 0.5) is 0 Å². The monoisotopic (exact) mass is 343 g/mol. The van der Waals surface area contributed by atoms with Crippen LogP contribution in [0.25, 0.3) is 0 Å². The van der Waals surface area contributed by atoms with Crippen LogP contribution in [-0.2, 0) is 10.0 Å². The van der Waals surface area contributed by atoms with Crippen molar-refractivity contribution in [2.75, 3.05) is 19.6 Å². The molecule has 0 saturated carbocycles. The first-order chi connectivity index (χ1) is 10.4. The fraction of sp³-hybridized carbons (Fsp3) is 0.533. The standard InChI is InChI=1S/C15H25N3O2S2/c1-5-16-15(21)17-12(4)13-8-10-14(11-9-13)22(19,20)18(6-2)7-3/h8-12H,5-7H2,1-4H3,(H2,16,17,21)/t12-/m0/s1. The lowest BCUT2D eigenvalue weighted by molar-refractivity contribution is 0.445. The minimum atomic E-state index is -3.40. The number of thiocarbonyl (C=S) groups is 1. The summed E-state index contributed by atoms with van der Waals surface area (Å²) in [6.45, 7) is 9.33. The van der Waals surface area contributed by atoms with Gasteiger partial charge in [-0.15, -0.1) is 0 Å². The third-order valence-electron chi connectivity index (χ3n) is 3.41. The van der Waals surface area contributed by atoms with Gasteiger partial charge in [0.25, 0.3) is 0 Å². The van der Waals surface area contributed by atoms with E-state index < -0.39 is 10.0 Å². The minimum Gasteiger partial charge on any atom is -0.363 e. The van der Waals surface area contributed by atoms with E-state index in [2.05, 4.69) is 10.6 Å². The van der Waals surface area contributed by atoms with Crippen LogP contribution in [0.3, 0.4) is 0 Å². The molecule has 0 saturated heterocycles. The Morgan fingerprint density at radius 1 is 1.18 bits per heavy atom. The second-order valence-electron chi connectivity index (χ2n) is 4.88. The Morgan fingerprint density at radius 2 is 1.73 bits per heavy atom. The molecular weight excluding hydrogens is 318 g/mol. The molecule has 0 aliphatic heterocycles. The molecule has 0 fully saturated rings. The van der Waals surface area contributed by atoms with Crippen molar-refractivity contribution in [3.63, 3.8) is 0 Å². The van der Waals surface area contributed by atoms with Gasteiger partial charge in [0, 0.05) is 19.6 Å². The van der Waals surface area contributed by atoms with Crippen LogP contribution in [0, 0.1) is 0 Å². The van der Waals surface area contributed by atoms with Crippen molar-refractivity contribution in [2.45, 2.75) is 38.6 Å². The zero-order valence-corrected chi connectivity index (χ0v) is 15.2. The van der Waals surface area contributed by atoms with Crippen molar-refractivity contribution < 1.29 is 8.42 Å². The summed E-state index contributed by atoms with van der Waals surface area (Å²) < 4.78 is 26.3. The Labute approximate surface area is 139 Å². The van der Waals surface area contributed by atoms with Crippen molar-refractivity contribution >= 4 is 27.4 Å². The van der Waals surface area contributed by atoms with E-state index in [4.69, 9.17) is 12.2 Å². The van der Waals surface area contributed by atoms with E-state index in [0.29, 0.717) is 23.1 Å². The molecule has 0 heterocycles. The largest absolute Gasteiger partial charge is 0.363 e. The maximum absolute atomic E-state index is 12.4. The second kappa shape index (κ2) is 8.45. The molecule has 1 aromatic rings. The first-order valence-electron chi connectivity index (χ1n) is 7.51. The number of rotatable bonds is 7. The number of hydrogen-bond acceptors (Lipinski definition) is 3. The Hall–Kier alpha value is -1.18. The molecule has 0 spiro atoms. The van der Waals surface area contributed by atoms with E-state index in [1.165, 1.54) is 4.31 Å². The maximum Gasteiger partial charge on any atom is 0.243 e. The summed E-state index contributed by atoms with van der Waals surface area (Å²) in [6.07, 6.45) is 0. The van der Waals surface area contributed by atoms with Crippen LogP contribution in [0.5, 0.6) is 0 Å². The van der Waals surface area contributed by atoms with E-state index in [1.54, 1.807) is 12.1 Å². The highest BCUT2D eigenvalue weighted by Crippen LogP contribution is 2.19. The van der Waals surface area contributed by atoms with Crippen LogP contribution in [0.2, 0.25) is 0 Å². The average Bonchev–Trinajstić information content (AvgIpc) is 2.48. The lowest BCUT2D eigenvalue weighted by atomic mass is 10.1. The number of benzene rings is 1. The summed E-state index contributed by atoms with van der Waals surface area (Å²) in [6, 6.07) is 6.96. The van der Waals surface area contributed by atoms with Gasteiger partial charge in [-0.05, 0) is 43.8 Å². The molecule has 1 rings (SSSR count). The van der Waals surface area contributed by atoms with Crippen molar-refractivity contribution in [2.24, 2.45) is 0 Å². The molecule has 5 nitrogen and oxygen atoms in total. The molecule has 0 bridgehead atoms. The summed E-state index contributed by atoms with van der Waals surface area (Å²) in [5, 5.41) is 6.78. The molecule has 2 N–H and O–H groups in total. The highest BCUT2D eigenvalue weighted by atomic mass is 32.2. The lowest BCUT2D eigenvalue weighted by Gasteiger charge is -2.20. The zero-order valence-electron chi connectivity index (χ0n) is 13.6. The average molecular weight is 344 g/mol. The van der Waals surface area contributed by atoms with Crippen LogP contribution in [0.1, 0.15) is 39.3 Å². The molecule has 0 amide bonds. The molecule has 0 aliphatic rings. The molecule has 7 heteroatoms. The van der Waals surface area contributed by atoms with Gasteiger partial charge in [-0.3, -0.25) is 0 Å². The second-order valence-corrected chi connectivity index (χ2v) is 7.23. The first kappa shape index (κ1) is 18.9. The Balaban J connectivity index is 2.88. The highest BCUT2D eigenvalue weighted by molar-refractivity contribution is 7.89. The summed E-state index contributed by atoms with van der Waals surface area (Å²) in [7, 11) is -3.40. The fourth-order valence-corrected chi connectivity index (χ4v) is 3.91. The Morgan fingerprint density at radius 3 is 2.18 bits per heavy atom. The van der Waals surface area contributed by atoms with Gasteiger partial charge < -0.3 is 10.6 Å². The zero-order chi connectivity index (χ0) is 16.8. The number of nitrogens with zero attached hydrogens (tertiary/aromatic N) is 1. The fourth-order valence-electron chi connectivity index (χ4n) is 2.13. The SMILES string of the molecule is CCNC(=S)N[C@@H](C)c1ccc(S(=O)(=O)N(CC)CC)cc1. The van der Waals surface area contributed by atoms with Gasteiger partial charge in [-0.1, -0.05) is 26.0 Å². The van der Waals surface area contributed by atoms with Crippen LogP contribution < -0.4 is 10.6 Å². The summed E-state index contributed by atoms with van der Waals surface area (Å²) in [4.78, 5) is 0.321. The molecule has 124 valence electrons. The van der Waals surface area contributed by atoms with E-state index in [0.717, 1.165) is 12.1 Å². The van der Waals surface area contributed by atoms with Gasteiger partial charge in [-0.2, -0.15) is 4.31 Å². The van der Waals surface area contributed by atoms with E-state index in [-0.39, 0.29) is 6.04 Å². The number of nitrogens with one attached hydrogen (secondary N) is 2. The van der Waals surface area contributed by atoms with Crippen LogP contribution in [-0.4, -0.2) is 37.5 Å². The molecule has 1 aromatic carbocycles. The quantitative estimate of drug-likeness (QED) is 0.744. The third-order valence-corrected chi connectivity index (χ3v) is 5.73. The summed E-state index contributed by atoms with van der Waals surface area (Å²) >= 11 is 5.16. The first-order valence-corrected chi connectivity index (χ1v) is 9.36. The minimum absolute atomic E-state index is 0.0109. The van der Waals surface area contributed by atoms with E-state index >= 15 is 0 Å². The summed E-state index contributed by atoms with van der Waals surface area (Å²) in [5.41, 5.74) is 0.985. The van der Waals surface area contributed by atoms with Crippen molar-refractivity contribution in [3.05, 3.63) is 29.8 Å². The normalized spacial score (nSPS) is 13.0. The predicted octanol–water partition coefficient (Wildman–Crippen LogP) is 2.26. The smallest absolute Gasteiger partial charge is 0.243 e.